The van der Waals surface area contributed by atoms with E-state index in [-0.39, 0.29) is 6.61 Å². The van der Waals surface area contributed by atoms with Crippen molar-refractivity contribution >= 4 is 10.8 Å². The molecule has 0 heterocycles. The molecule has 2 aromatic carbocycles. The molecular formula is C24H35NO. The summed E-state index contributed by atoms with van der Waals surface area (Å²) in [5.41, 5.74) is 8.38. The van der Waals surface area contributed by atoms with E-state index in [9.17, 15) is 5.11 Å². The smallest absolute Gasteiger partial charge is 0.0650 e. The van der Waals surface area contributed by atoms with Gasteiger partial charge in [-0.1, -0.05) is 51.1 Å². The molecule has 1 saturated carbocycles. The van der Waals surface area contributed by atoms with Crippen molar-refractivity contribution in [3.8, 4) is 0 Å². The van der Waals surface area contributed by atoms with Gasteiger partial charge in [0.05, 0.1) is 12.1 Å². The Balaban J connectivity index is 1.69. The monoisotopic (exact) mass is 353 g/mol. The first kappa shape index (κ1) is 19.4. The zero-order valence-electron chi connectivity index (χ0n) is 16.9. The second-order valence-electron chi connectivity index (χ2n) is 9.76. The molecule has 0 unspecified atom stereocenters. The molecule has 26 heavy (non-hydrogen) atoms. The largest absolute Gasteiger partial charge is 0.394 e. The van der Waals surface area contributed by atoms with Crippen molar-refractivity contribution in [3.63, 3.8) is 0 Å². The van der Waals surface area contributed by atoms with Crippen molar-refractivity contribution in [3.05, 3.63) is 47.5 Å². The molecule has 0 bridgehead atoms. The van der Waals surface area contributed by atoms with Gasteiger partial charge in [0.1, 0.15) is 0 Å². The van der Waals surface area contributed by atoms with E-state index in [0.29, 0.717) is 5.41 Å². The van der Waals surface area contributed by atoms with Gasteiger partial charge in [-0.3, -0.25) is 0 Å². The van der Waals surface area contributed by atoms with Gasteiger partial charge in [0.25, 0.3) is 0 Å². The molecule has 1 fully saturated rings. The Hall–Kier alpha value is -1.38. The first-order valence-electron chi connectivity index (χ1n) is 10.1. The molecule has 0 aliphatic heterocycles. The molecule has 0 aromatic heterocycles. The van der Waals surface area contributed by atoms with E-state index < -0.39 is 5.54 Å². The lowest BCUT2D eigenvalue weighted by molar-refractivity contribution is 0.150. The minimum Gasteiger partial charge on any atom is -0.394 e. The maximum Gasteiger partial charge on any atom is 0.0650 e. The molecule has 2 heteroatoms. The third-order valence-corrected chi connectivity index (χ3v) is 6.49. The zero-order valence-corrected chi connectivity index (χ0v) is 16.9. The van der Waals surface area contributed by atoms with Gasteiger partial charge >= 0.3 is 0 Å². The first-order chi connectivity index (χ1) is 12.2. The Kier molecular flexibility index (Phi) is 5.46. The van der Waals surface area contributed by atoms with Crippen LogP contribution in [0.5, 0.6) is 0 Å². The average molecular weight is 354 g/mol. The molecule has 142 valence electrons. The Labute approximate surface area is 158 Å². The van der Waals surface area contributed by atoms with E-state index in [4.69, 9.17) is 5.73 Å². The molecule has 1 aliphatic rings. The predicted molar refractivity (Wildman–Crippen MR) is 111 cm³/mol. The minimum absolute atomic E-state index is 0.0478. The van der Waals surface area contributed by atoms with Gasteiger partial charge in [-0.2, -0.15) is 0 Å². The minimum atomic E-state index is -0.682. The molecule has 0 radical (unpaired) electrons. The summed E-state index contributed by atoms with van der Waals surface area (Å²) in [4.78, 5) is 0. The molecule has 1 atom stereocenters. The lowest BCUT2D eigenvalue weighted by Gasteiger charge is -2.37. The summed E-state index contributed by atoms with van der Waals surface area (Å²) in [7, 11) is 0. The summed E-state index contributed by atoms with van der Waals surface area (Å²) in [6.07, 6.45) is 6.67. The van der Waals surface area contributed by atoms with Crippen LogP contribution in [0.4, 0.5) is 0 Å². The summed E-state index contributed by atoms with van der Waals surface area (Å²) in [5, 5.41) is 12.0. The number of benzene rings is 2. The molecule has 0 saturated heterocycles. The van der Waals surface area contributed by atoms with E-state index in [0.717, 1.165) is 17.4 Å². The van der Waals surface area contributed by atoms with Crippen molar-refractivity contribution in [1.82, 2.24) is 0 Å². The lowest BCUT2D eigenvalue weighted by Crippen LogP contribution is -2.36. The average Bonchev–Trinajstić information content (AvgIpc) is 2.61. The summed E-state index contributed by atoms with van der Waals surface area (Å²) in [5.74, 6) is 1.71. The van der Waals surface area contributed by atoms with Crippen LogP contribution in [0.25, 0.3) is 10.8 Å². The number of aliphatic hydroxyl groups is 1. The summed E-state index contributed by atoms with van der Waals surface area (Å²) in [6.45, 7) is 8.99. The molecule has 3 N–H and O–H groups in total. The van der Waals surface area contributed by atoms with E-state index in [1.807, 2.05) is 6.92 Å². The van der Waals surface area contributed by atoms with Gasteiger partial charge in [0.2, 0.25) is 0 Å². The van der Waals surface area contributed by atoms with E-state index >= 15 is 0 Å². The fraction of sp³-hybridized carbons (Fsp3) is 0.583. The van der Waals surface area contributed by atoms with Crippen LogP contribution in [-0.4, -0.2) is 11.7 Å². The van der Waals surface area contributed by atoms with E-state index in [1.54, 1.807) is 0 Å². The molecule has 2 nitrogen and oxygen atoms in total. The summed E-state index contributed by atoms with van der Waals surface area (Å²) in [6, 6.07) is 13.1. The van der Waals surface area contributed by atoms with Gasteiger partial charge < -0.3 is 10.8 Å². The number of hydrogen-bond acceptors (Lipinski definition) is 2. The van der Waals surface area contributed by atoms with Crippen molar-refractivity contribution in [2.45, 2.75) is 65.3 Å². The molecule has 2 aromatic rings. The highest BCUT2D eigenvalue weighted by atomic mass is 16.3. The van der Waals surface area contributed by atoms with E-state index in [1.165, 1.54) is 48.4 Å². The molecule has 0 amide bonds. The number of fused-ring (bicyclic) bond motifs is 1. The maximum atomic E-state index is 9.49. The maximum absolute atomic E-state index is 9.49. The second kappa shape index (κ2) is 7.32. The molecular weight excluding hydrogens is 318 g/mol. The first-order valence-corrected chi connectivity index (χ1v) is 10.1. The normalized spacial score (nSPS) is 23.8. The topological polar surface area (TPSA) is 46.2 Å². The second-order valence-corrected chi connectivity index (χ2v) is 9.76. The highest BCUT2D eigenvalue weighted by Gasteiger charge is 2.29. The highest BCUT2D eigenvalue weighted by molar-refractivity contribution is 5.84. The van der Waals surface area contributed by atoms with Crippen LogP contribution >= 0.6 is 0 Å². The number of aliphatic hydroxyl groups excluding tert-OH is 1. The van der Waals surface area contributed by atoms with Gasteiger partial charge in [0, 0.05) is 0 Å². The highest BCUT2D eigenvalue weighted by Crippen LogP contribution is 2.40. The van der Waals surface area contributed by atoms with Crippen LogP contribution in [0.2, 0.25) is 0 Å². The fourth-order valence-corrected chi connectivity index (χ4v) is 4.43. The van der Waals surface area contributed by atoms with Gasteiger partial charge in [-0.05, 0) is 84.2 Å². The summed E-state index contributed by atoms with van der Waals surface area (Å²) >= 11 is 0. The zero-order chi connectivity index (χ0) is 18.9. The van der Waals surface area contributed by atoms with Crippen molar-refractivity contribution in [2.75, 3.05) is 6.61 Å². The Morgan fingerprint density at radius 2 is 1.54 bits per heavy atom. The van der Waals surface area contributed by atoms with Gasteiger partial charge in [-0.15, -0.1) is 0 Å². The molecule has 0 spiro atoms. The van der Waals surface area contributed by atoms with Crippen LogP contribution in [0.15, 0.2) is 36.4 Å². The quantitative estimate of drug-likeness (QED) is 0.773. The predicted octanol–water partition coefficient (Wildman–Crippen LogP) is 5.40. The fourth-order valence-electron chi connectivity index (χ4n) is 4.43. The Morgan fingerprint density at radius 3 is 2.15 bits per heavy atom. The van der Waals surface area contributed by atoms with Crippen LogP contribution in [0.1, 0.15) is 64.5 Å². The van der Waals surface area contributed by atoms with Crippen LogP contribution < -0.4 is 5.73 Å². The molecule has 1 aliphatic carbocycles. The Morgan fingerprint density at radius 1 is 0.923 bits per heavy atom. The van der Waals surface area contributed by atoms with Crippen molar-refractivity contribution in [1.29, 1.82) is 0 Å². The van der Waals surface area contributed by atoms with Gasteiger partial charge in [0.15, 0.2) is 0 Å². The SMILES string of the molecule is CC(C)(C)C1CCC(Cc2ccc3cc([C@@](C)(N)CO)ccc3c2)CC1. The number of hydrogen-bond donors (Lipinski definition) is 2. The van der Waals surface area contributed by atoms with Crippen molar-refractivity contribution in [2.24, 2.45) is 23.0 Å². The lowest BCUT2D eigenvalue weighted by atomic mass is 9.69. The van der Waals surface area contributed by atoms with Crippen LogP contribution in [0.3, 0.4) is 0 Å². The molecule has 3 rings (SSSR count). The van der Waals surface area contributed by atoms with Gasteiger partial charge in [-0.25, -0.2) is 0 Å². The number of nitrogens with two attached hydrogens (primary N) is 1. The number of rotatable bonds is 4. The Bertz CT molecular complexity index is 748. The standard InChI is InChI=1S/C24H35NO/c1-23(2,3)21-10-6-17(7-11-21)13-18-5-8-20-15-22(24(4,25)16-26)12-9-19(20)14-18/h5,8-9,12,14-15,17,21,26H,6-7,10-11,13,16,25H2,1-4H3/t17?,21?,24-/m0/s1. The van der Waals surface area contributed by atoms with Crippen LogP contribution in [-0.2, 0) is 12.0 Å². The van der Waals surface area contributed by atoms with Crippen molar-refractivity contribution < 1.29 is 5.11 Å². The summed E-state index contributed by atoms with van der Waals surface area (Å²) < 4.78 is 0. The van der Waals surface area contributed by atoms with E-state index in [2.05, 4.69) is 57.2 Å². The third kappa shape index (κ3) is 4.29. The van der Waals surface area contributed by atoms with Crippen LogP contribution in [0, 0.1) is 17.3 Å². The third-order valence-electron chi connectivity index (χ3n) is 6.49.